The Morgan fingerprint density at radius 1 is 1.26 bits per heavy atom. The molecule has 2 aromatic carbocycles. The summed E-state index contributed by atoms with van der Waals surface area (Å²) < 4.78 is 44.1. The maximum Gasteiger partial charge on any atom is 0.392 e. The van der Waals surface area contributed by atoms with Crippen LogP contribution in [0.4, 0.5) is 13.2 Å². The number of aliphatic carboxylic acids is 1. The zero-order valence-electron chi connectivity index (χ0n) is 14.3. The largest absolute Gasteiger partial charge is 0.484 e. The molecule has 1 N–H and O–H groups in total. The third-order valence-corrected chi connectivity index (χ3v) is 4.77. The summed E-state index contributed by atoms with van der Waals surface area (Å²) in [6, 6.07) is 11.0. The van der Waals surface area contributed by atoms with Gasteiger partial charge in [0.25, 0.3) is 0 Å². The van der Waals surface area contributed by atoms with Gasteiger partial charge in [0.15, 0.2) is 0 Å². The first kappa shape index (κ1) is 19.3. The van der Waals surface area contributed by atoms with E-state index < -0.39 is 30.2 Å². The molecule has 0 radical (unpaired) electrons. The number of benzene rings is 2. The Morgan fingerprint density at radius 2 is 1.93 bits per heavy atom. The molecule has 0 fully saturated rings. The van der Waals surface area contributed by atoms with Crippen LogP contribution in [-0.2, 0) is 11.2 Å². The van der Waals surface area contributed by atoms with Gasteiger partial charge in [-0.05, 0) is 42.2 Å². The van der Waals surface area contributed by atoms with E-state index in [2.05, 4.69) is 0 Å². The number of hydrogen-bond donors (Lipinski definition) is 1. The number of halogens is 4. The molecule has 3 rings (SSSR count). The van der Waals surface area contributed by atoms with Gasteiger partial charge in [-0.15, -0.1) is 0 Å². The van der Waals surface area contributed by atoms with Gasteiger partial charge >= 0.3 is 12.1 Å². The van der Waals surface area contributed by atoms with Crippen LogP contribution >= 0.6 is 11.6 Å². The molecule has 1 aliphatic heterocycles. The standard InChI is InChI=1S/C20H16ClF3O3/c1-11-14(7-12-5-3-2-4-6-12)16(21)9-13-8-15(19(25)26)17(27-18(11)13)10-20(22,23)24/h2-6,8-9,17H,7,10H2,1H3,(H,25,26). The number of carboxylic acids is 1. The molecule has 142 valence electrons. The topological polar surface area (TPSA) is 46.5 Å². The third-order valence-electron chi connectivity index (χ3n) is 4.43. The summed E-state index contributed by atoms with van der Waals surface area (Å²) in [5.41, 5.74) is 2.26. The van der Waals surface area contributed by atoms with Gasteiger partial charge in [-0.25, -0.2) is 4.79 Å². The molecule has 27 heavy (non-hydrogen) atoms. The average molecular weight is 397 g/mol. The minimum absolute atomic E-state index is 0.240. The molecule has 7 heteroatoms. The van der Waals surface area contributed by atoms with Crippen LogP contribution in [0, 0.1) is 6.92 Å². The first-order chi connectivity index (χ1) is 12.7. The molecule has 0 saturated heterocycles. The van der Waals surface area contributed by atoms with E-state index in [-0.39, 0.29) is 5.75 Å². The molecular formula is C20H16ClF3O3. The molecule has 3 nitrogen and oxygen atoms in total. The monoisotopic (exact) mass is 396 g/mol. The Bertz CT molecular complexity index is 905. The van der Waals surface area contributed by atoms with Gasteiger partial charge in [0, 0.05) is 10.6 Å². The van der Waals surface area contributed by atoms with E-state index >= 15 is 0 Å². The van der Waals surface area contributed by atoms with Crippen molar-refractivity contribution in [2.24, 2.45) is 0 Å². The second-order valence-electron chi connectivity index (χ2n) is 6.37. The van der Waals surface area contributed by atoms with Crippen molar-refractivity contribution >= 4 is 23.6 Å². The first-order valence-corrected chi connectivity index (χ1v) is 8.57. The Morgan fingerprint density at radius 3 is 2.52 bits per heavy atom. The lowest BCUT2D eigenvalue weighted by Crippen LogP contribution is -2.32. The van der Waals surface area contributed by atoms with Crippen molar-refractivity contribution in [2.45, 2.75) is 32.0 Å². The van der Waals surface area contributed by atoms with E-state index in [9.17, 15) is 23.1 Å². The highest BCUT2D eigenvalue weighted by Gasteiger charge is 2.39. The minimum atomic E-state index is -4.55. The van der Waals surface area contributed by atoms with Crippen LogP contribution in [0.25, 0.3) is 6.08 Å². The number of fused-ring (bicyclic) bond motifs is 1. The van der Waals surface area contributed by atoms with Crippen molar-refractivity contribution < 1.29 is 27.8 Å². The number of hydrogen-bond acceptors (Lipinski definition) is 2. The summed E-state index contributed by atoms with van der Waals surface area (Å²) in [6.07, 6.45) is -5.83. The Kier molecular flexibility index (Phi) is 5.20. The normalized spacial score (nSPS) is 16.3. The van der Waals surface area contributed by atoms with Crippen LogP contribution in [0.1, 0.15) is 28.7 Å². The van der Waals surface area contributed by atoms with Crippen molar-refractivity contribution in [2.75, 3.05) is 0 Å². The van der Waals surface area contributed by atoms with Gasteiger partial charge in [-0.1, -0.05) is 41.9 Å². The molecule has 2 aromatic rings. The summed E-state index contributed by atoms with van der Waals surface area (Å²) in [7, 11) is 0. The quantitative estimate of drug-likeness (QED) is 0.750. The number of alkyl halides is 3. The number of carbonyl (C=O) groups is 1. The van der Waals surface area contributed by atoms with E-state index in [1.165, 1.54) is 12.1 Å². The van der Waals surface area contributed by atoms with Gasteiger partial charge in [-0.2, -0.15) is 13.2 Å². The zero-order valence-corrected chi connectivity index (χ0v) is 15.1. The van der Waals surface area contributed by atoms with Gasteiger partial charge in [-0.3, -0.25) is 0 Å². The van der Waals surface area contributed by atoms with Crippen LogP contribution in [0.15, 0.2) is 42.0 Å². The molecule has 0 amide bonds. The van der Waals surface area contributed by atoms with Gasteiger partial charge < -0.3 is 9.84 Å². The smallest absolute Gasteiger partial charge is 0.392 e. The fraction of sp³-hybridized carbons (Fsp3) is 0.250. The molecule has 0 spiro atoms. The summed E-state index contributed by atoms with van der Waals surface area (Å²) in [5, 5.41) is 9.68. The van der Waals surface area contributed by atoms with Gasteiger partial charge in [0.05, 0.1) is 12.0 Å². The van der Waals surface area contributed by atoms with E-state index in [0.717, 1.165) is 11.1 Å². The molecule has 1 aliphatic rings. The van der Waals surface area contributed by atoms with Crippen molar-refractivity contribution in [3.8, 4) is 5.75 Å². The van der Waals surface area contributed by atoms with E-state index in [4.69, 9.17) is 16.3 Å². The van der Waals surface area contributed by atoms with Crippen LogP contribution < -0.4 is 4.74 Å². The fourth-order valence-corrected chi connectivity index (χ4v) is 3.46. The lowest BCUT2D eigenvalue weighted by molar-refractivity contribution is -0.150. The highest BCUT2D eigenvalue weighted by molar-refractivity contribution is 6.31. The number of ether oxygens (including phenoxy) is 1. The Labute approximate surface area is 159 Å². The lowest BCUT2D eigenvalue weighted by atomic mass is 9.93. The molecule has 1 atom stereocenters. The molecule has 0 aromatic heterocycles. The van der Waals surface area contributed by atoms with E-state index in [1.807, 2.05) is 30.3 Å². The van der Waals surface area contributed by atoms with Crippen LogP contribution in [0.3, 0.4) is 0 Å². The maximum atomic E-state index is 12.9. The van der Waals surface area contributed by atoms with Crippen molar-refractivity contribution in [3.63, 3.8) is 0 Å². The predicted molar refractivity (Wildman–Crippen MR) is 96.1 cm³/mol. The first-order valence-electron chi connectivity index (χ1n) is 8.20. The predicted octanol–water partition coefficient (Wildman–Crippen LogP) is 5.42. The van der Waals surface area contributed by atoms with Crippen molar-refractivity contribution in [1.82, 2.24) is 0 Å². The lowest BCUT2D eigenvalue weighted by Gasteiger charge is -2.28. The highest BCUT2D eigenvalue weighted by Crippen LogP contribution is 2.41. The summed E-state index contributed by atoms with van der Waals surface area (Å²) in [5.74, 6) is -1.21. The maximum absolute atomic E-state index is 12.9. The second-order valence-corrected chi connectivity index (χ2v) is 6.78. The fourth-order valence-electron chi connectivity index (χ4n) is 3.13. The number of carboxylic acid groups (broad SMARTS) is 1. The molecular weight excluding hydrogens is 381 g/mol. The summed E-state index contributed by atoms with van der Waals surface area (Å²) in [6.45, 7) is 1.72. The van der Waals surface area contributed by atoms with Crippen LogP contribution in [-0.4, -0.2) is 23.4 Å². The number of rotatable bonds is 4. The summed E-state index contributed by atoms with van der Waals surface area (Å²) in [4.78, 5) is 11.4. The van der Waals surface area contributed by atoms with Gasteiger partial charge in [0.2, 0.25) is 0 Å². The van der Waals surface area contributed by atoms with Gasteiger partial charge in [0.1, 0.15) is 11.9 Å². The molecule has 0 saturated carbocycles. The van der Waals surface area contributed by atoms with Crippen LogP contribution in [0.2, 0.25) is 5.02 Å². The second kappa shape index (κ2) is 7.27. The molecule has 1 unspecified atom stereocenters. The van der Waals surface area contributed by atoms with Crippen LogP contribution in [0.5, 0.6) is 5.75 Å². The Balaban J connectivity index is 2.04. The van der Waals surface area contributed by atoms with Crippen molar-refractivity contribution in [3.05, 3.63) is 69.2 Å². The molecule has 1 heterocycles. The van der Waals surface area contributed by atoms with E-state index in [0.29, 0.717) is 22.6 Å². The summed E-state index contributed by atoms with van der Waals surface area (Å²) >= 11 is 6.37. The molecule has 0 aliphatic carbocycles. The van der Waals surface area contributed by atoms with Crippen molar-refractivity contribution in [1.29, 1.82) is 0 Å². The van der Waals surface area contributed by atoms with E-state index in [1.54, 1.807) is 6.92 Å². The zero-order chi connectivity index (χ0) is 19.8. The molecule has 0 bridgehead atoms. The Hall–Kier alpha value is -2.47. The highest BCUT2D eigenvalue weighted by atomic mass is 35.5. The SMILES string of the molecule is Cc1c(Cc2ccccc2)c(Cl)cc2c1OC(CC(F)(F)F)C(C(=O)O)=C2. The third kappa shape index (κ3) is 4.27. The average Bonchev–Trinajstić information content (AvgIpc) is 2.58. The minimum Gasteiger partial charge on any atom is -0.484 e.